The van der Waals surface area contributed by atoms with Crippen LogP contribution in [0.1, 0.15) is 39.0 Å². The number of aliphatic hydroxyl groups is 1. The standard InChI is InChI=1S/C11H22N2O2/c1-2-12-8-5-10(15)13-11(9-14)6-3-4-7-11/h12,14H,2-9H2,1H3,(H,13,15). The highest BCUT2D eigenvalue weighted by molar-refractivity contribution is 5.77. The second-order valence-electron chi connectivity index (χ2n) is 4.30. The van der Waals surface area contributed by atoms with E-state index in [1.54, 1.807) is 0 Å². The van der Waals surface area contributed by atoms with Gasteiger partial charge in [-0.15, -0.1) is 0 Å². The lowest BCUT2D eigenvalue weighted by atomic mass is 9.99. The van der Waals surface area contributed by atoms with E-state index in [-0.39, 0.29) is 18.1 Å². The van der Waals surface area contributed by atoms with Gasteiger partial charge in [-0.1, -0.05) is 19.8 Å². The van der Waals surface area contributed by atoms with Crippen molar-refractivity contribution in [3.8, 4) is 0 Å². The maximum absolute atomic E-state index is 11.6. The fraction of sp³-hybridized carbons (Fsp3) is 0.909. The molecule has 0 aromatic carbocycles. The van der Waals surface area contributed by atoms with E-state index >= 15 is 0 Å². The van der Waals surface area contributed by atoms with Crippen molar-refractivity contribution in [2.45, 2.75) is 44.6 Å². The molecule has 1 aliphatic rings. The van der Waals surface area contributed by atoms with Crippen molar-refractivity contribution in [2.24, 2.45) is 0 Å². The number of carbonyl (C=O) groups excluding carboxylic acids is 1. The molecule has 1 saturated carbocycles. The lowest BCUT2D eigenvalue weighted by Gasteiger charge is -2.28. The van der Waals surface area contributed by atoms with E-state index in [1.807, 2.05) is 6.92 Å². The minimum atomic E-state index is -0.316. The Morgan fingerprint density at radius 1 is 1.40 bits per heavy atom. The van der Waals surface area contributed by atoms with E-state index in [0.717, 1.165) is 32.2 Å². The van der Waals surface area contributed by atoms with Crippen LogP contribution in [-0.4, -0.2) is 36.2 Å². The Morgan fingerprint density at radius 3 is 2.60 bits per heavy atom. The van der Waals surface area contributed by atoms with Crippen molar-refractivity contribution >= 4 is 5.91 Å². The first-order chi connectivity index (χ1) is 7.22. The third kappa shape index (κ3) is 3.80. The SMILES string of the molecule is CCNCCC(=O)NC1(CO)CCCC1. The van der Waals surface area contributed by atoms with Crippen LogP contribution in [0.3, 0.4) is 0 Å². The third-order valence-electron chi connectivity index (χ3n) is 3.05. The van der Waals surface area contributed by atoms with Crippen molar-refractivity contribution in [3.63, 3.8) is 0 Å². The minimum absolute atomic E-state index is 0.0481. The second-order valence-corrected chi connectivity index (χ2v) is 4.30. The number of aliphatic hydroxyl groups excluding tert-OH is 1. The van der Waals surface area contributed by atoms with Crippen LogP contribution >= 0.6 is 0 Å². The van der Waals surface area contributed by atoms with Gasteiger partial charge in [-0.2, -0.15) is 0 Å². The summed E-state index contributed by atoms with van der Waals surface area (Å²) in [6, 6.07) is 0. The highest BCUT2D eigenvalue weighted by Gasteiger charge is 2.34. The Hall–Kier alpha value is -0.610. The smallest absolute Gasteiger partial charge is 0.221 e. The summed E-state index contributed by atoms with van der Waals surface area (Å²) >= 11 is 0. The van der Waals surface area contributed by atoms with Gasteiger partial charge >= 0.3 is 0 Å². The van der Waals surface area contributed by atoms with Gasteiger partial charge in [0.25, 0.3) is 0 Å². The summed E-state index contributed by atoms with van der Waals surface area (Å²) in [5, 5.41) is 15.4. The molecule has 88 valence electrons. The van der Waals surface area contributed by atoms with Crippen LogP contribution in [-0.2, 0) is 4.79 Å². The average molecular weight is 214 g/mol. The molecule has 1 amide bonds. The second kappa shape index (κ2) is 6.08. The van der Waals surface area contributed by atoms with Gasteiger partial charge in [0.1, 0.15) is 0 Å². The lowest BCUT2D eigenvalue weighted by Crippen LogP contribution is -2.49. The number of hydrogen-bond acceptors (Lipinski definition) is 3. The summed E-state index contributed by atoms with van der Waals surface area (Å²) in [5.74, 6) is 0.0481. The molecule has 0 spiro atoms. The molecule has 0 radical (unpaired) electrons. The molecule has 0 atom stereocenters. The molecule has 0 saturated heterocycles. The van der Waals surface area contributed by atoms with Gasteiger partial charge in [0, 0.05) is 13.0 Å². The fourth-order valence-electron chi connectivity index (χ4n) is 2.11. The Balaban J connectivity index is 2.28. The highest BCUT2D eigenvalue weighted by atomic mass is 16.3. The van der Waals surface area contributed by atoms with E-state index in [4.69, 9.17) is 0 Å². The number of rotatable bonds is 6. The largest absolute Gasteiger partial charge is 0.394 e. The predicted octanol–water partition coefficient (Wildman–Crippen LogP) is 0.407. The molecule has 15 heavy (non-hydrogen) atoms. The maximum atomic E-state index is 11.6. The topological polar surface area (TPSA) is 61.4 Å². The molecule has 0 aromatic heterocycles. The van der Waals surface area contributed by atoms with Gasteiger partial charge in [0.15, 0.2) is 0 Å². The Labute approximate surface area is 91.4 Å². The molecule has 0 heterocycles. The molecule has 0 aliphatic heterocycles. The van der Waals surface area contributed by atoms with Crippen LogP contribution in [0.2, 0.25) is 0 Å². The first kappa shape index (κ1) is 12.5. The summed E-state index contributed by atoms with van der Waals surface area (Å²) < 4.78 is 0. The van der Waals surface area contributed by atoms with E-state index < -0.39 is 0 Å². The quantitative estimate of drug-likeness (QED) is 0.561. The third-order valence-corrected chi connectivity index (χ3v) is 3.05. The molecule has 0 unspecified atom stereocenters. The molecule has 4 nitrogen and oxygen atoms in total. The van der Waals surface area contributed by atoms with Crippen molar-refractivity contribution in [1.82, 2.24) is 10.6 Å². The molecule has 1 fully saturated rings. The average Bonchev–Trinajstić information content (AvgIpc) is 2.67. The van der Waals surface area contributed by atoms with Crippen LogP contribution in [0.25, 0.3) is 0 Å². The zero-order valence-corrected chi connectivity index (χ0v) is 9.51. The lowest BCUT2D eigenvalue weighted by molar-refractivity contribution is -0.123. The van der Waals surface area contributed by atoms with Gasteiger partial charge in [-0.25, -0.2) is 0 Å². The van der Waals surface area contributed by atoms with Crippen LogP contribution < -0.4 is 10.6 Å². The van der Waals surface area contributed by atoms with Crippen LogP contribution in [0.5, 0.6) is 0 Å². The zero-order valence-electron chi connectivity index (χ0n) is 9.51. The van der Waals surface area contributed by atoms with E-state index in [1.165, 1.54) is 0 Å². The molecular weight excluding hydrogens is 192 g/mol. The van der Waals surface area contributed by atoms with E-state index in [0.29, 0.717) is 13.0 Å². The number of nitrogens with one attached hydrogen (secondary N) is 2. The Morgan fingerprint density at radius 2 is 2.07 bits per heavy atom. The maximum Gasteiger partial charge on any atom is 0.221 e. The predicted molar refractivity (Wildman–Crippen MR) is 59.6 cm³/mol. The van der Waals surface area contributed by atoms with Gasteiger partial charge < -0.3 is 15.7 Å². The summed E-state index contributed by atoms with van der Waals surface area (Å²) in [6.07, 6.45) is 4.53. The zero-order chi connectivity index (χ0) is 11.1. The van der Waals surface area contributed by atoms with E-state index in [2.05, 4.69) is 10.6 Å². The highest BCUT2D eigenvalue weighted by Crippen LogP contribution is 2.28. The monoisotopic (exact) mass is 214 g/mol. The van der Waals surface area contributed by atoms with Crippen molar-refractivity contribution in [3.05, 3.63) is 0 Å². The van der Waals surface area contributed by atoms with Crippen LogP contribution in [0, 0.1) is 0 Å². The summed E-state index contributed by atoms with van der Waals surface area (Å²) in [5.41, 5.74) is -0.316. The van der Waals surface area contributed by atoms with Crippen molar-refractivity contribution in [2.75, 3.05) is 19.7 Å². The fourth-order valence-corrected chi connectivity index (χ4v) is 2.11. The summed E-state index contributed by atoms with van der Waals surface area (Å²) in [7, 11) is 0. The molecule has 0 aromatic rings. The van der Waals surface area contributed by atoms with Crippen LogP contribution in [0.15, 0.2) is 0 Å². The van der Waals surface area contributed by atoms with Crippen molar-refractivity contribution in [1.29, 1.82) is 0 Å². The number of hydrogen-bond donors (Lipinski definition) is 3. The van der Waals surface area contributed by atoms with Crippen molar-refractivity contribution < 1.29 is 9.90 Å². The summed E-state index contributed by atoms with van der Waals surface area (Å²) in [4.78, 5) is 11.6. The normalized spacial score (nSPS) is 19.1. The molecule has 3 N–H and O–H groups in total. The number of amides is 1. The van der Waals surface area contributed by atoms with Gasteiger partial charge in [-0.3, -0.25) is 4.79 Å². The Bertz CT molecular complexity index is 201. The Kier molecular flexibility index (Phi) is 5.05. The van der Waals surface area contributed by atoms with Gasteiger partial charge in [0.2, 0.25) is 5.91 Å². The molecule has 0 bridgehead atoms. The first-order valence-electron chi connectivity index (χ1n) is 5.85. The van der Waals surface area contributed by atoms with Crippen LogP contribution in [0.4, 0.5) is 0 Å². The molecule has 4 heteroatoms. The molecule has 1 aliphatic carbocycles. The van der Waals surface area contributed by atoms with Gasteiger partial charge in [-0.05, 0) is 19.4 Å². The minimum Gasteiger partial charge on any atom is -0.394 e. The summed E-state index contributed by atoms with van der Waals surface area (Å²) in [6.45, 7) is 3.69. The van der Waals surface area contributed by atoms with E-state index in [9.17, 15) is 9.90 Å². The molecule has 1 rings (SSSR count). The molecular formula is C11H22N2O2. The van der Waals surface area contributed by atoms with Gasteiger partial charge in [0.05, 0.1) is 12.1 Å². The first-order valence-corrected chi connectivity index (χ1v) is 5.85. The number of carbonyl (C=O) groups is 1.